The van der Waals surface area contributed by atoms with Crippen molar-refractivity contribution in [3.05, 3.63) is 36.4 Å². The maximum absolute atomic E-state index is 11.0. The number of carbonyl (C=O) groups excluding carboxylic acids is 1. The van der Waals surface area contributed by atoms with Gasteiger partial charge in [0.1, 0.15) is 0 Å². The normalized spacial score (nSPS) is 9.29. The predicted molar refractivity (Wildman–Crippen MR) is 53.6 cm³/mol. The number of esters is 1. The van der Waals surface area contributed by atoms with Gasteiger partial charge in [-0.2, -0.15) is 0 Å². The quantitative estimate of drug-likeness (QED) is 0.418. The zero-order chi connectivity index (χ0) is 10.6. The van der Waals surface area contributed by atoms with Crippen molar-refractivity contribution in [3.8, 4) is 11.5 Å². The highest BCUT2D eigenvalue weighted by Crippen LogP contribution is 2.30. The van der Waals surface area contributed by atoms with Gasteiger partial charge in [-0.15, -0.1) is 0 Å². The van der Waals surface area contributed by atoms with Crippen molar-refractivity contribution in [3.63, 3.8) is 0 Å². The molecule has 0 heterocycles. The number of carbonyl (C=O) groups is 1. The molecule has 3 nitrogen and oxygen atoms in total. The molecule has 0 fully saturated rings. The Morgan fingerprint density at radius 2 is 2.21 bits per heavy atom. The summed E-state index contributed by atoms with van der Waals surface area (Å²) in [5.41, 5.74) is 0.918. The Kier molecular flexibility index (Phi) is 3.29. The number of hydrogen-bond acceptors (Lipinski definition) is 3. The third-order valence-electron chi connectivity index (χ3n) is 1.76. The first kappa shape index (κ1) is 10.3. The second-order valence-corrected chi connectivity index (χ2v) is 2.73. The van der Waals surface area contributed by atoms with Crippen LogP contribution < -0.4 is 9.47 Å². The number of aryl methyl sites for hydroxylation is 1. The van der Waals surface area contributed by atoms with Crippen LogP contribution in [0.1, 0.15) is 5.56 Å². The highest BCUT2D eigenvalue weighted by molar-refractivity contribution is 5.83. The standard InChI is InChI=1S/C11H12O3/c1-4-10(12)14-9-7-5-6-8(2)11(9)13-3/h4-7H,1H2,2-3H3. The molecule has 0 N–H and O–H groups in total. The zero-order valence-electron chi connectivity index (χ0n) is 8.24. The van der Waals surface area contributed by atoms with Crippen molar-refractivity contribution >= 4 is 5.97 Å². The molecule has 0 aliphatic heterocycles. The Labute approximate surface area is 83.0 Å². The van der Waals surface area contributed by atoms with Crippen LogP contribution in [0.2, 0.25) is 0 Å². The van der Waals surface area contributed by atoms with E-state index in [4.69, 9.17) is 9.47 Å². The Balaban J connectivity index is 3.01. The van der Waals surface area contributed by atoms with E-state index in [9.17, 15) is 4.79 Å². The lowest BCUT2D eigenvalue weighted by Crippen LogP contribution is -2.04. The van der Waals surface area contributed by atoms with Gasteiger partial charge in [-0.05, 0) is 18.6 Å². The van der Waals surface area contributed by atoms with Gasteiger partial charge in [-0.1, -0.05) is 18.7 Å². The minimum absolute atomic E-state index is 0.414. The first-order valence-corrected chi connectivity index (χ1v) is 4.17. The highest BCUT2D eigenvalue weighted by Gasteiger charge is 2.08. The van der Waals surface area contributed by atoms with Gasteiger partial charge in [-0.25, -0.2) is 4.79 Å². The van der Waals surface area contributed by atoms with Gasteiger partial charge >= 0.3 is 5.97 Å². The second kappa shape index (κ2) is 4.46. The zero-order valence-corrected chi connectivity index (χ0v) is 8.24. The maximum Gasteiger partial charge on any atom is 0.335 e. The minimum atomic E-state index is -0.492. The predicted octanol–water partition coefficient (Wildman–Crippen LogP) is 2.10. The first-order valence-electron chi connectivity index (χ1n) is 4.17. The molecule has 0 saturated carbocycles. The number of methoxy groups -OCH3 is 1. The maximum atomic E-state index is 11.0. The van der Waals surface area contributed by atoms with E-state index in [0.29, 0.717) is 11.5 Å². The third-order valence-corrected chi connectivity index (χ3v) is 1.76. The lowest BCUT2D eigenvalue weighted by atomic mass is 10.2. The summed E-state index contributed by atoms with van der Waals surface area (Å²) in [5.74, 6) is 0.494. The van der Waals surface area contributed by atoms with Crippen LogP contribution in [0.3, 0.4) is 0 Å². The van der Waals surface area contributed by atoms with Crippen LogP contribution in [0.5, 0.6) is 11.5 Å². The van der Waals surface area contributed by atoms with Crippen LogP contribution in [0, 0.1) is 6.92 Å². The Hall–Kier alpha value is -1.77. The summed E-state index contributed by atoms with van der Waals surface area (Å²) in [4.78, 5) is 11.0. The van der Waals surface area contributed by atoms with Gasteiger partial charge in [-0.3, -0.25) is 0 Å². The summed E-state index contributed by atoms with van der Waals surface area (Å²) in [5, 5.41) is 0. The summed E-state index contributed by atoms with van der Waals surface area (Å²) in [6, 6.07) is 5.35. The molecule has 3 heteroatoms. The van der Waals surface area contributed by atoms with E-state index < -0.39 is 5.97 Å². The van der Waals surface area contributed by atoms with E-state index in [1.165, 1.54) is 7.11 Å². The van der Waals surface area contributed by atoms with E-state index in [0.717, 1.165) is 11.6 Å². The van der Waals surface area contributed by atoms with Gasteiger partial charge in [0.2, 0.25) is 0 Å². The molecule has 1 aromatic rings. The van der Waals surface area contributed by atoms with Gasteiger partial charge in [0.05, 0.1) is 7.11 Å². The molecule has 74 valence electrons. The van der Waals surface area contributed by atoms with Gasteiger partial charge < -0.3 is 9.47 Å². The van der Waals surface area contributed by atoms with E-state index in [2.05, 4.69) is 6.58 Å². The molecule has 0 aliphatic rings. The largest absolute Gasteiger partial charge is 0.493 e. The van der Waals surface area contributed by atoms with Crippen LogP contribution in [0.4, 0.5) is 0 Å². The Morgan fingerprint density at radius 1 is 1.50 bits per heavy atom. The molecule has 0 aromatic heterocycles. The summed E-state index contributed by atoms with van der Waals surface area (Å²) in [6.45, 7) is 5.20. The van der Waals surface area contributed by atoms with Crippen LogP contribution >= 0.6 is 0 Å². The van der Waals surface area contributed by atoms with Crippen LogP contribution in [0.15, 0.2) is 30.9 Å². The molecule has 0 spiro atoms. The molecule has 0 bridgehead atoms. The van der Waals surface area contributed by atoms with E-state index in [1.54, 1.807) is 12.1 Å². The molecule has 1 rings (SSSR count). The minimum Gasteiger partial charge on any atom is -0.493 e. The average molecular weight is 192 g/mol. The van der Waals surface area contributed by atoms with Crippen molar-refractivity contribution < 1.29 is 14.3 Å². The number of hydrogen-bond donors (Lipinski definition) is 0. The second-order valence-electron chi connectivity index (χ2n) is 2.73. The molecule has 0 saturated heterocycles. The first-order chi connectivity index (χ1) is 6.69. The molecule has 0 amide bonds. The number of para-hydroxylation sites is 1. The fraction of sp³-hybridized carbons (Fsp3) is 0.182. The summed E-state index contributed by atoms with van der Waals surface area (Å²) in [7, 11) is 1.54. The SMILES string of the molecule is C=CC(=O)Oc1cccc(C)c1OC. The van der Waals surface area contributed by atoms with Crippen molar-refractivity contribution in [2.75, 3.05) is 7.11 Å². The van der Waals surface area contributed by atoms with Crippen molar-refractivity contribution in [1.82, 2.24) is 0 Å². The van der Waals surface area contributed by atoms with Crippen molar-refractivity contribution in [1.29, 1.82) is 0 Å². The Morgan fingerprint density at radius 3 is 2.79 bits per heavy atom. The molecule has 0 atom stereocenters. The van der Waals surface area contributed by atoms with E-state index in [1.807, 2.05) is 13.0 Å². The molecular formula is C11H12O3. The summed E-state index contributed by atoms with van der Waals surface area (Å²) >= 11 is 0. The van der Waals surface area contributed by atoms with Crippen molar-refractivity contribution in [2.24, 2.45) is 0 Å². The summed E-state index contributed by atoms with van der Waals surface area (Å²) in [6.07, 6.45) is 1.11. The number of ether oxygens (including phenoxy) is 2. The molecule has 14 heavy (non-hydrogen) atoms. The fourth-order valence-electron chi connectivity index (χ4n) is 1.12. The summed E-state index contributed by atoms with van der Waals surface area (Å²) < 4.78 is 10.1. The molecule has 0 unspecified atom stereocenters. The van der Waals surface area contributed by atoms with Crippen LogP contribution in [-0.4, -0.2) is 13.1 Å². The van der Waals surface area contributed by atoms with Gasteiger partial charge in [0, 0.05) is 6.08 Å². The number of benzene rings is 1. The van der Waals surface area contributed by atoms with Gasteiger partial charge in [0.25, 0.3) is 0 Å². The fourth-order valence-corrected chi connectivity index (χ4v) is 1.12. The van der Waals surface area contributed by atoms with Crippen LogP contribution in [-0.2, 0) is 4.79 Å². The van der Waals surface area contributed by atoms with E-state index >= 15 is 0 Å². The topological polar surface area (TPSA) is 35.5 Å². The Bertz CT molecular complexity index is 356. The highest BCUT2D eigenvalue weighted by atomic mass is 16.6. The van der Waals surface area contributed by atoms with Crippen LogP contribution in [0.25, 0.3) is 0 Å². The average Bonchev–Trinajstić information content (AvgIpc) is 2.18. The lowest BCUT2D eigenvalue weighted by Gasteiger charge is -2.09. The molecule has 1 aromatic carbocycles. The lowest BCUT2D eigenvalue weighted by molar-refractivity contribution is -0.129. The molecular weight excluding hydrogens is 180 g/mol. The number of rotatable bonds is 3. The monoisotopic (exact) mass is 192 g/mol. The molecule has 0 aliphatic carbocycles. The third kappa shape index (κ3) is 2.13. The van der Waals surface area contributed by atoms with E-state index in [-0.39, 0.29) is 0 Å². The molecule has 0 radical (unpaired) electrons. The smallest absolute Gasteiger partial charge is 0.335 e. The van der Waals surface area contributed by atoms with Crippen molar-refractivity contribution in [2.45, 2.75) is 6.92 Å². The van der Waals surface area contributed by atoms with Gasteiger partial charge in [0.15, 0.2) is 11.5 Å².